The van der Waals surface area contributed by atoms with Gasteiger partial charge >= 0.3 is 0 Å². The summed E-state index contributed by atoms with van der Waals surface area (Å²) in [6, 6.07) is 5.46. The molecule has 5 heteroatoms. The van der Waals surface area contributed by atoms with E-state index in [0.717, 1.165) is 4.60 Å². The lowest BCUT2D eigenvalue weighted by Gasteiger charge is -2.07. The number of ether oxygens (including phenoxy) is 2. The van der Waals surface area contributed by atoms with Crippen LogP contribution in [-0.4, -0.2) is 36.0 Å². The first kappa shape index (κ1) is 12.4. The summed E-state index contributed by atoms with van der Waals surface area (Å²) in [6.45, 7) is 2.88. The van der Waals surface area contributed by atoms with Gasteiger partial charge in [0.2, 0.25) is 5.88 Å². The Balaban J connectivity index is 2.15. The van der Waals surface area contributed by atoms with Crippen molar-refractivity contribution in [1.82, 2.24) is 4.98 Å². The molecule has 0 amide bonds. The summed E-state index contributed by atoms with van der Waals surface area (Å²) in [6.07, 6.45) is -0.436. The van der Waals surface area contributed by atoms with E-state index in [-0.39, 0.29) is 0 Å². The number of rotatable bonds is 6. The molecule has 0 saturated heterocycles. The number of aliphatic hydroxyl groups is 1. The monoisotopic (exact) mass is 275 g/mol. The smallest absolute Gasteiger partial charge is 0.214 e. The molecule has 1 heterocycles. The SMILES string of the molecule is CC(O)COCCOc1cccc(Br)n1. The number of aliphatic hydroxyl groups excluding tert-OH is 1. The molecule has 15 heavy (non-hydrogen) atoms. The lowest BCUT2D eigenvalue weighted by Crippen LogP contribution is -2.14. The number of hydrogen-bond donors (Lipinski definition) is 1. The van der Waals surface area contributed by atoms with Gasteiger partial charge in [0.25, 0.3) is 0 Å². The van der Waals surface area contributed by atoms with Crippen LogP contribution in [0, 0.1) is 0 Å². The zero-order valence-electron chi connectivity index (χ0n) is 8.52. The van der Waals surface area contributed by atoms with Crippen LogP contribution in [0.3, 0.4) is 0 Å². The zero-order valence-corrected chi connectivity index (χ0v) is 10.1. The van der Waals surface area contributed by atoms with E-state index in [2.05, 4.69) is 20.9 Å². The number of pyridine rings is 1. The number of aromatic nitrogens is 1. The van der Waals surface area contributed by atoms with Gasteiger partial charge in [0.1, 0.15) is 11.2 Å². The Kier molecular flexibility index (Phi) is 5.60. The van der Waals surface area contributed by atoms with Gasteiger partial charge < -0.3 is 14.6 Å². The summed E-state index contributed by atoms with van der Waals surface area (Å²) in [5.74, 6) is 0.560. The van der Waals surface area contributed by atoms with Gasteiger partial charge in [-0.2, -0.15) is 0 Å². The van der Waals surface area contributed by atoms with Crippen molar-refractivity contribution >= 4 is 15.9 Å². The highest BCUT2D eigenvalue weighted by Gasteiger charge is 1.97. The molecule has 0 aliphatic rings. The topological polar surface area (TPSA) is 51.6 Å². The third-order valence-corrected chi connectivity index (χ3v) is 1.97. The maximum Gasteiger partial charge on any atom is 0.214 e. The molecule has 0 saturated carbocycles. The van der Waals surface area contributed by atoms with E-state index in [4.69, 9.17) is 14.6 Å². The minimum atomic E-state index is -0.436. The minimum absolute atomic E-state index is 0.329. The number of halogens is 1. The largest absolute Gasteiger partial charge is 0.475 e. The molecule has 0 aliphatic heterocycles. The highest BCUT2D eigenvalue weighted by molar-refractivity contribution is 9.10. The fourth-order valence-electron chi connectivity index (χ4n) is 0.929. The number of hydrogen-bond acceptors (Lipinski definition) is 4. The lowest BCUT2D eigenvalue weighted by molar-refractivity contribution is 0.0323. The molecule has 1 N–H and O–H groups in total. The minimum Gasteiger partial charge on any atom is -0.475 e. The average molecular weight is 276 g/mol. The van der Waals surface area contributed by atoms with Crippen molar-refractivity contribution in [3.8, 4) is 5.88 Å². The second-order valence-electron chi connectivity index (χ2n) is 3.07. The van der Waals surface area contributed by atoms with E-state index in [9.17, 15) is 0 Å². The van der Waals surface area contributed by atoms with Gasteiger partial charge in [-0.25, -0.2) is 4.98 Å². The predicted molar refractivity (Wildman–Crippen MR) is 59.9 cm³/mol. The Morgan fingerprint density at radius 3 is 2.93 bits per heavy atom. The maximum absolute atomic E-state index is 8.92. The Hall–Kier alpha value is -0.650. The van der Waals surface area contributed by atoms with E-state index < -0.39 is 6.10 Å². The third-order valence-electron chi connectivity index (χ3n) is 1.53. The van der Waals surface area contributed by atoms with Gasteiger partial charge in [-0.05, 0) is 28.9 Å². The molecule has 1 aromatic heterocycles. The summed E-state index contributed by atoms with van der Waals surface area (Å²) >= 11 is 3.25. The van der Waals surface area contributed by atoms with Crippen LogP contribution in [0.4, 0.5) is 0 Å². The molecule has 1 aromatic rings. The van der Waals surface area contributed by atoms with Gasteiger partial charge in [0.15, 0.2) is 0 Å². The van der Waals surface area contributed by atoms with Crippen molar-refractivity contribution in [3.05, 3.63) is 22.8 Å². The van der Waals surface area contributed by atoms with Crippen LogP contribution in [-0.2, 0) is 4.74 Å². The molecule has 0 spiro atoms. The lowest BCUT2D eigenvalue weighted by atomic mass is 10.4. The van der Waals surface area contributed by atoms with Crippen LogP contribution < -0.4 is 4.74 Å². The quantitative estimate of drug-likeness (QED) is 0.633. The van der Waals surface area contributed by atoms with Gasteiger partial charge in [0.05, 0.1) is 19.3 Å². The highest BCUT2D eigenvalue weighted by Crippen LogP contribution is 2.11. The van der Waals surface area contributed by atoms with E-state index in [1.807, 2.05) is 12.1 Å². The molecular formula is C10H14BrNO3. The van der Waals surface area contributed by atoms with Crippen LogP contribution in [0.15, 0.2) is 22.8 Å². The molecule has 84 valence electrons. The molecule has 0 bridgehead atoms. The Morgan fingerprint density at radius 2 is 2.27 bits per heavy atom. The van der Waals surface area contributed by atoms with Crippen LogP contribution >= 0.6 is 15.9 Å². The van der Waals surface area contributed by atoms with Crippen LogP contribution in [0.5, 0.6) is 5.88 Å². The Morgan fingerprint density at radius 1 is 1.47 bits per heavy atom. The molecule has 0 fully saturated rings. The highest BCUT2D eigenvalue weighted by atomic mass is 79.9. The van der Waals surface area contributed by atoms with E-state index in [1.165, 1.54) is 0 Å². The van der Waals surface area contributed by atoms with Crippen LogP contribution in [0.2, 0.25) is 0 Å². The maximum atomic E-state index is 8.92. The zero-order chi connectivity index (χ0) is 11.1. The Bertz CT molecular complexity index is 294. The summed E-state index contributed by atoms with van der Waals surface area (Å²) in [7, 11) is 0. The normalized spacial score (nSPS) is 12.5. The first-order valence-corrected chi connectivity index (χ1v) is 5.49. The molecule has 1 atom stereocenters. The first-order chi connectivity index (χ1) is 7.18. The fraction of sp³-hybridized carbons (Fsp3) is 0.500. The standard InChI is InChI=1S/C10H14BrNO3/c1-8(13)7-14-5-6-15-10-4-2-3-9(11)12-10/h2-4,8,13H,5-7H2,1H3. The molecule has 4 nitrogen and oxygen atoms in total. The summed E-state index contributed by atoms with van der Waals surface area (Å²) < 4.78 is 11.2. The van der Waals surface area contributed by atoms with Gasteiger partial charge in [-0.1, -0.05) is 6.07 Å². The van der Waals surface area contributed by atoms with E-state index >= 15 is 0 Å². The molecule has 1 unspecified atom stereocenters. The Labute approximate surface area is 97.4 Å². The second-order valence-corrected chi connectivity index (χ2v) is 3.88. The fourth-order valence-corrected chi connectivity index (χ4v) is 1.26. The predicted octanol–water partition coefficient (Wildman–Crippen LogP) is 1.62. The molecule has 0 aromatic carbocycles. The van der Waals surface area contributed by atoms with Crippen molar-refractivity contribution in [3.63, 3.8) is 0 Å². The summed E-state index contributed by atoms with van der Waals surface area (Å²) in [5.41, 5.74) is 0. The van der Waals surface area contributed by atoms with Crippen LogP contribution in [0.25, 0.3) is 0 Å². The molecule has 1 rings (SSSR count). The van der Waals surface area contributed by atoms with Crippen molar-refractivity contribution in [2.24, 2.45) is 0 Å². The summed E-state index contributed by atoms with van der Waals surface area (Å²) in [4.78, 5) is 4.10. The molecular weight excluding hydrogens is 262 g/mol. The van der Waals surface area contributed by atoms with Crippen molar-refractivity contribution in [1.29, 1.82) is 0 Å². The van der Waals surface area contributed by atoms with Crippen molar-refractivity contribution < 1.29 is 14.6 Å². The second kappa shape index (κ2) is 6.76. The first-order valence-electron chi connectivity index (χ1n) is 4.69. The van der Waals surface area contributed by atoms with Gasteiger partial charge in [0, 0.05) is 6.07 Å². The average Bonchev–Trinajstić information content (AvgIpc) is 2.17. The van der Waals surface area contributed by atoms with E-state index in [1.54, 1.807) is 13.0 Å². The van der Waals surface area contributed by atoms with Crippen LogP contribution in [0.1, 0.15) is 6.92 Å². The van der Waals surface area contributed by atoms with Crippen molar-refractivity contribution in [2.75, 3.05) is 19.8 Å². The molecule has 0 aliphatic carbocycles. The van der Waals surface area contributed by atoms with Crippen molar-refractivity contribution in [2.45, 2.75) is 13.0 Å². The third kappa shape index (κ3) is 5.71. The number of nitrogens with zero attached hydrogens (tertiary/aromatic N) is 1. The van der Waals surface area contributed by atoms with Gasteiger partial charge in [-0.15, -0.1) is 0 Å². The van der Waals surface area contributed by atoms with Gasteiger partial charge in [-0.3, -0.25) is 0 Å². The van der Waals surface area contributed by atoms with E-state index in [0.29, 0.717) is 25.7 Å². The molecule has 0 radical (unpaired) electrons. The summed E-state index contributed by atoms with van der Waals surface area (Å²) in [5, 5.41) is 8.92.